The van der Waals surface area contributed by atoms with Crippen LogP contribution < -0.4 is 11.5 Å². The topological polar surface area (TPSA) is 136 Å². The Morgan fingerprint density at radius 2 is 2.00 bits per heavy atom. The molecule has 0 saturated heterocycles. The van der Waals surface area contributed by atoms with Crippen LogP contribution >= 0.6 is 15.9 Å². The Bertz CT molecular complexity index is 1350. The molecule has 33 heavy (non-hydrogen) atoms. The van der Waals surface area contributed by atoms with E-state index in [1.165, 1.54) is 6.33 Å². The molecule has 3 heterocycles. The maximum Gasteiger partial charge on any atom is 0.145 e. The minimum absolute atomic E-state index is 0.229. The highest BCUT2D eigenvalue weighted by atomic mass is 79.9. The van der Waals surface area contributed by atoms with Crippen molar-refractivity contribution in [2.45, 2.75) is 37.0 Å². The van der Waals surface area contributed by atoms with Crippen molar-refractivity contribution in [3.63, 3.8) is 0 Å². The van der Waals surface area contributed by atoms with Gasteiger partial charge in [0, 0.05) is 17.5 Å². The second kappa shape index (κ2) is 8.19. The summed E-state index contributed by atoms with van der Waals surface area (Å²) >= 11 is 3.39. The highest BCUT2D eigenvalue weighted by Crippen LogP contribution is 2.47. The summed E-state index contributed by atoms with van der Waals surface area (Å²) in [6.07, 6.45) is 2.89. The number of nitrogens with two attached hydrogens (primary N) is 2. The number of nitrogen functional groups attached to an aromatic ring is 2. The van der Waals surface area contributed by atoms with E-state index in [1.807, 2.05) is 24.3 Å². The number of nitrogens with zero attached hydrogens (tertiary/aromatic N) is 4. The molecule has 172 valence electrons. The average molecular weight is 515 g/mol. The number of hydrogen-bond donors (Lipinski definition) is 4. The lowest BCUT2D eigenvalue weighted by atomic mass is 9.87. The van der Waals surface area contributed by atoms with Crippen LogP contribution in [0.15, 0.2) is 47.3 Å². The Balaban J connectivity index is 1.48. The molecular weight excluding hydrogens is 491 g/mol. The smallest absolute Gasteiger partial charge is 0.145 e. The molecule has 1 fully saturated rings. The lowest BCUT2D eigenvalue weighted by Crippen LogP contribution is -2.46. The summed E-state index contributed by atoms with van der Waals surface area (Å²) in [5, 5.41) is 24.2. The van der Waals surface area contributed by atoms with Gasteiger partial charge in [-0.15, -0.1) is 0 Å². The molecule has 5 rings (SSSR count). The molecule has 1 aliphatic carbocycles. The van der Waals surface area contributed by atoms with Gasteiger partial charge < -0.3 is 26.2 Å². The number of pyridine rings is 1. The number of aromatic nitrogens is 4. The van der Waals surface area contributed by atoms with E-state index in [4.69, 9.17) is 11.5 Å². The van der Waals surface area contributed by atoms with Crippen LogP contribution in [0.25, 0.3) is 21.9 Å². The second-order valence-corrected chi connectivity index (χ2v) is 9.56. The van der Waals surface area contributed by atoms with Crippen LogP contribution in [0.5, 0.6) is 0 Å². The number of alkyl halides is 1. The summed E-state index contributed by atoms with van der Waals surface area (Å²) in [5.74, 6) is 0.0561. The summed E-state index contributed by atoms with van der Waals surface area (Å²) in [6.45, 7) is -0.718. The predicted octanol–water partition coefficient (Wildman–Crippen LogP) is 3.16. The highest BCUT2D eigenvalue weighted by Gasteiger charge is 2.54. The number of aliphatic hydroxyl groups excluding tert-OH is 1. The molecule has 1 aromatic carbocycles. The van der Waals surface area contributed by atoms with Gasteiger partial charge >= 0.3 is 0 Å². The minimum atomic E-state index is -1.55. The van der Waals surface area contributed by atoms with Crippen LogP contribution in [0.1, 0.15) is 24.4 Å². The zero-order valence-electron chi connectivity index (χ0n) is 17.7. The van der Waals surface area contributed by atoms with Gasteiger partial charge in [-0.2, -0.15) is 0 Å². The van der Waals surface area contributed by atoms with Crippen molar-refractivity contribution in [3.8, 4) is 0 Å². The lowest BCUT2D eigenvalue weighted by Gasteiger charge is -2.34. The number of fused-ring (bicyclic) bond motifs is 2. The van der Waals surface area contributed by atoms with Crippen LogP contribution in [0.3, 0.4) is 0 Å². The van der Waals surface area contributed by atoms with Crippen molar-refractivity contribution in [2.24, 2.45) is 5.92 Å². The Hall–Kier alpha value is -2.82. The minimum Gasteiger partial charge on any atom is -0.390 e. The van der Waals surface area contributed by atoms with Crippen molar-refractivity contribution in [3.05, 3.63) is 52.9 Å². The Labute approximate surface area is 197 Å². The third-order valence-electron chi connectivity index (χ3n) is 6.81. The highest BCUT2D eigenvalue weighted by molar-refractivity contribution is 9.10. The van der Waals surface area contributed by atoms with Gasteiger partial charge in [-0.3, -0.25) is 4.39 Å². The first kappa shape index (κ1) is 22.0. The number of aryl methyl sites for hydroxylation is 1. The molecule has 8 nitrogen and oxygen atoms in total. The number of anilines is 2. The summed E-state index contributed by atoms with van der Waals surface area (Å²) < 4.78 is 16.3. The van der Waals surface area contributed by atoms with E-state index in [1.54, 1.807) is 16.8 Å². The van der Waals surface area contributed by atoms with Crippen molar-refractivity contribution < 1.29 is 14.6 Å². The van der Waals surface area contributed by atoms with Gasteiger partial charge in [0.25, 0.3) is 0 Å². The number of halogens is 2. The molecule has 0 aliphatic heterocycles. The molecule has 4 unspecified atom stereocenters. The normalized spacial score (nSPS) is 25.3. The summed E-state index contributed by atoms with van der Waals surface area (Å²) in [6, 6.07) is 8.93. The first-order valence-electron chi connectivity index (χ1n) is 10.7. The average Bonchev–Trinajstić information content (AvgIpc) is 3.33. The van der Waals surface area contributed by atoms with Gasteiger partial charge in [-0.1, -0.05) is 12.1 Å². The molecule has 10 heteroatoms. The second-order valence-electron chi connectivity index (χ2n) is 8.70. The van der Waals surface area contributed by atoms with Gasteiger partial charge in [0.1, 0.15) is 29.2 Å². The molecule has 3 aromatic heterocycles. The van der Waals surface area contributed by atoms with E-state index in [0.29, 0.717) is 29.1 Å². The van der Waals surface area contributed by atoms with Crippen LogP contribution in [-0.4, -0.2) is 48.1 Å². The zero-order chi connectivity index (χ0) is 23.3. The first-order chi connectivity index (χ1) is 15.8. The molecule has 4 atom stereocenters. The fraction of sp³-hybridized carbons (Fsp3) is 0.348. The van der Waals surface area contributed by atoms with Gasteiger partial charge in [0.2, 0.25) is 0 Å². The van der Waals surface area contributed by atoms with Crippen LogP contribution in [0, 0.1) is 5.92 Å². The maximum absolute atomic E-state index is 13.7. The largest absolute Gasteiger partial charge is 0.390 e. The van der Waals surface area contributed by atoms with Crippen molar-refractivity contribution in [1.29, 1.82) is 0 Å². The van der Waals surface area contributed by atoms with Crippen molar-refractivity contribution >= 4 is 49.5 Å². The number of rotatable bonds is 5. The zero-order valence-corrected chi connectivity index (χ0v) is 19.3. The Morgan fingerprint density at radius 1 is 1.18 bits per heavy atom. The number of hydrogen-bond acceptors (Lipinski definition) is 7. The van der Waals surface area contributed by atoms with Gasteiger partial charge in [-0.25, -0.2) is 15.0 Å². The monoisotopic (exact) mass is 514 g/mol. The molecule has 1 aliphatic rings. The lowest BCUT2D eigenvalue weighted by molar-refractivity contribution is -0.0930. The van der Waals surface area contributed by atoms with Crippen molar-refractivity contribution in [2.75, 3.05) is 18.1 Å². The molecular formula is C23H24BrFN6O2. The van der Waals surface area contributed by atoms with Crippen LogP contribution in [0.2, 0.25) is 0 Å². The van der Waals surface area contributed by atoms with Gasteiger partial charge in [-0.05, 0) is 59.0 Å². The molecule has 6 N–H and O–H groups in total. The Morgan fingerprint density at radius 3 is 2.79 bits per heavy atom. The predicted molar refractivity (Wildman–Crippen MR) is 128 cm³/mol. The summed E-state index contributed by atoms with van der Waals surface area (Å²) in [4.78, 5) is 12.7. The third kappa shape index (κ3) is 3.62. The SMILES string of the molecule is Nc1nc2cc(CCC3(O)C(O)C(CF)CC3n3ccc4c(N)ncnc43)ccc2cc1Br. The van der Waals surface area contributed by atoms with E-state index in [2.05, 4.69) is 30.9 Å². The van der Waals surface area contributed by atoms with Crippen molar-refractivity contribution in [1.82, 2.24) is 19.5 Å². The van der Waals surface area contributed by atoms with E-state index in [0.717, 1.165) is 20.9 Å². The molecule has 0 spiro atoms. The molecule has 1 saturated carbocycles. The quantitative estimate of drug-likeness (QED) is 0.321. The van der Waals surface area contributed by atoms with E-state index < -0.39 is 30.3 Å². The number of aliphatic hydroxyl groups is 2. The Kier molecular flexibility index (Phi) is 5.46. The standard InChI is InChI=1S/C23H24BrFN6O2/c24-16-8-13-2-1-12(7-17(13)30-21(16)27)3-5-23(33)18(9-14(10-25)19(23)32)31-6-4-15-20(26)28-11-29-22(15)31/h1-2,4,6-8,11,14,18-19,32-33H,3,5,9-10H2,(H2,27,30)(H2,26,28,29). The van der Waals surface area contributed by atoms with E-state index in [9.17, 15) is 14.6 Å². The number of benzene rings is 1. The first-order valence-corrected chi connectivity index (χ1v) is 11.5. The fourth-order valence-corrected chi connectivity index (χ4v) is 5.32. The van der Waals surface area contributed by atoms with E-state index in [-0.39, 0.29) is 12.8 Å². The third-order valence-corrected chi connectivity index (χ3v) is 7.45. The molecule has 0 bridgehead atoms. The molecule has 0 radical (unpaired) electrons. The molecule has 4 aromatic rings. The van der Waals surface area contributed by atoms with Gasteiger partial charge in [0.15, 0.2) is 0 Å². The van der Waals surface area contributed by atoms with Crippen LogP contribution in [0.4, 0.5) is 16.0 Å². The summed E-state index contributed by atoms with van der Waals surface area (Å²) in [5.41, 5.74) is 12.6. The summed E-state index contributed by atoms with van der Waals surface area (Å²) in [7, 11) is 0. The van der Waals surface area contributed by atoms with E-state index >= 15 is 0 Å². The maximum atomic E-state index is 13.7. The molecule has 0 amide bonds. The fourth-order valence-electron chi connectivity index (χ4n) is 4.99. The van der Waals surface area contributed by atoms with Crippen LogP contribution in [-0.2, 0) is 6.42 Å². The van der Waals surface area contributed by atoms with Gasteiger partial charge in [0.05, 0.1) is 34.2 Å².